The zero-order valence-corrected chi connectivity index (χ0v) is 18.5. The Labute approximate surface area is 193 Å². The van der Waals surface area contributed by atoms with Crippen LogP contribution in [0.4, 0.5) is 9.93 Å². The zero-order valence-electron chi connectivity index (χ0n) is 17.7. The Morgan fingerprint density at radius 1 is 1.09 bits per heavy atom. The maximum absolute atomic E-state index is 12.4. The van der Waals surface area contributed by atoms with Gasteiger partial charge in [0.15, 0.2) is 5.13 Å². The van der Waals surface area contributed by atoms with Crippen LogP contribution < -0.4 is 10.6 Å². The largest absolute Gasteiger partial charge is 0.478 e. The van der Waals surface area contributed by atoms with Gasteiger partial charge in [0.25, 0.3) is 5.91 Å². The van der Waals surface area contributed by atoms with Gasteiger partial charge in [0.1, 0.15) is 12.3 Å². The van der Waals surface area contributed by atoms with Crippen molar-refractivity contribution in [2.45, 2.75) is 12.8 Å². The number of carboxylic acid groups (broad SMARTS) is 1. The van der Waals surface area contributed by atoms with Crippen LogP contribution >= 0.6 is 11.3 Å². The van der Waals surface area contributed by atoms with Crippen molar-refractivity contribution in [1.82, 2.24) is 10.3 Å². The molecule has 0 spiro atoms. The van der Waals surface area contributed by atoms with E-state index >= 15 is 0 Å². The number of carbonyl (C=O) groups excluding carboxylic acids is 2. The van der Waals surface area contributed by atoms with Crippen LogP contribution in [0.15, 0.2) is 65.6 Å². The number of hydrogen-bond donors (Lipinski definition) is 3. The molecule has 2 aromatic carbocycles. The van der Waals surface area contributed by atoms with Gasteiger partial charge in [0, 0.05) is 23.4 Å². The van der Waals surface area contributed by atoms with Crippen molar-refractivity contribution >= 4 is 34.4 Å². The highest BCUT2D eigenvalue weighted by Gasteiger charge is 2.29. The molecule has 3 N–H and O–H groups in total. The first-order chi connectivity index (χ1) is 15.9. The molecule has 0 aliphatic heterocycles. The van der Waals surface area contributed by atoms with Gasteiger partial charge in [-0.1, -0.05) is 54.6 Å². The van der Waals surface area contributed by atoms with Crippen molar-refractivity contribution in [2.24, 2.45) is 0 Å². The van der Waals surface area contributed by atoms with Gasteiger partial charge in [-0.3, -0.25) is 10.1 Å². The fourth-order valence-corrected chi connectivity index (χ4v) is 4.31. The molecular formula is C24H21N3O5S. The fourth-order valence-electron chi connectivity index (χ4n) is 3.63. The predicted octanol–water partition coefficient (Wildman–Crippen LogP) is 4.26. The molecule has 168 valence electrons. The highest BCUT2D eigenvalue weighted by atomic mass is 32.1. The predicted molar refractivity (Wildman–Crippen MR) is 125 cm³/mol. The van der Waals surface area contributed by atoms with Crippen molar-refractivity contribution < 1.29 is 24.2 Å². The molecule has 0 fully saturated rings. The van der Waals surface area contributed by atoms with E-state index in [0.29, 0.717) is 0 Å². The Hall–Kier alpha value is -3.98. The van der Waals surface area contributed by atoms with Crippen molar-refractivity contribution in [3.05, 3.63) is 82.4 Å². The number of rotatable bonds is 7. The van der Waals surface area contributed by atoms with Gasteiger partial charge in [0.05, 0.1) is 0 Å². The Kier molecular flexibility index (Phi) is 6.50. The van der Waals surface area contributed by atoms with Crippen molar-refractivity contribution in [3.63, 3.8) is 0 Å². The Morgan fingerprint density at radius 2 is 1.73 bits per heavy atom. The average molecular weight is 464 g/mol. The van der Waals surface area contributed by atoms with E-state index in [-0.39, 0.29) is 35.5 Å². The van der Waals surface area contributed by atoms with E-state index in [9.17, 15) is 14.4 Å². The van der Waals surface area contributed by atoms with E-state index < -0.39 is 18.0 Å². The van der Waals surface area contributed by atoms with Crippen LogP contribution in [0.5, 0.6) is 0 Å². The summed E-state index contributed by atoms with van der Waals surface area (Å²) in [5, 5.41) is 15.7. The first-order valence-corrected chi connectivity index (χ1v) is 11.1. The summed E-state index contributed by atoms with van der Waals surface area (Å²) in [7, 11) is 0. The molecule has 2 amide bonds. The maximum atomic E-state index is 12.4. The third-order valence-corrected chi connectivity index (χ3v) is 6.06. The number of aromatic nitrogens is 1. The molecule has 0 unspecified atom stereocenters. The number of carbonyl (C=O) groups is 3. The molecule has 8 nitrogen and oxygen atoms in total. The molecule has 0 bridgehead atoms. The first kappa shape index (κ1) is 22.2. The monoisotopic (exact) mass is 463 g/mol. The van der Waals surface area contributed by atoms with Crippen LogP contribution in [0.2, 0.25) is 0 Å². The lowest BCUT2D eigenvalue weighted by molar-refractivity contribution is -0.132. The van der Waals surface area contributed by atoms with Crippen LogP contribution in [-0.4, -0.2) is 41.2 Å². The number of ether oxygens (including phenoxy) is 1. The number of amides is 2. The minimum absolute atomic E-state index is 0.0527. The minimum Gasteiger partial charge on any atom is -0.478 e. The molecule has 0 saturated carbocycles. The molecule has 0 radical (unpaired) electrons. The summed E-state index contributed by atoms with van der Waals surface area (Å²) < 4.78 is 5.48. The number of hydrogen-bond acceptors (Lipinski definition) is 6. The van der Waals surface area contributed by atoms with Crippen LogP contribution in [0.1, 0.15) is 34.5 Å². The summed E-state index contributed by atoms with van der Waals surface area (Å²) in [5.41, 5.74) is 4.78. The molecule has 1 aliphatic carbocycles. The molecule has 1 aliphatic rings. The van der Waals surface area contributed by atoms with Crippen LogP contribution in [0.25, 0.3) is 11.1 Å². The molecule has 1 heterocycles. The molecule has 9 heteroatoms. The molecule has 3 aromatic rings. The van der Waals surface area contributed by atoms with Gasteiger partial charge in [-0.15, -0.1) is 11.3 Å². The topological polar surface area (TPSA) is 118 Å². The number of anilines is 1. The number of aliphatic carboxylic acids is 1. The van der Waals surface area contributed by atoms with Crippen LogP contribution in [0.3, 0.4) is 0 Å². The van der Waals surface area contributed by atoms with E-state index in [1.165, 1.54) is 18.4 Å². The lowest BCUT2D eigenvalue weighted by Gasteiger charge is -2.14. The third kappa shape index (κ3) is 4.93. The van der Waals surface area contributed by atoms with E-state index in [1.807, 2.05) is 36.4 Å². The molecule has 0 atom stereocenters. The fraction of sp³-hybridized carbons (Fsp3) is 0.167. The van der Waals surface area contributed by atoms with E-state index in [2.05, 4.69) is 27.8 Å². The summed E-state index contributed by atoms with van der Waals surface area (Å²) in [6, 6.07) is 16.1. The number of nitrogens with zero attached hydrogens (tertiary/aromatic N) is 1. The third-order valence-electron chi connectivity index (χ3n) is 5.30. The highest BCUT2D eigenvalue weighted by Crippen LogP contribution is 2.44. The Balaban J connectivity index is 1.33. The molecule has 1 aromatic heterocycles. The summed E-state index contributed by atoms with van der Waals surface area (Å²) in [5.74, 6) is -1.57. The van der Waals surface area contributed by atoms with E-state index in [4.69, 9.17) is 9.84 Å². The second-order valence-corrected chi connectivity index (χ2v) is 8.25. The van der Waals surface area contributed by atoms with E-state index in [0.717, 1.165) is 33.6 Å². The average Bonchev–Trinajstić information content (AvgIpc) is 3.40. The lowest BCUT2D eigenvalue weighted by atomic mass is 9.98. The Morgan fingerprint density at radius 3 is 2.36 bits per heavy atom. The minimum atomic E-state index is -1.05. The second-order valence-electron chi connectivity index (χ2n) is 7.39. The summed E-state index contributed by atoms with van der Waals surface area (Å²) >= 11 is 1.09. The smallest absolute Gasteiger partial charge is 0.413 e. The quantitative estimate of drug-likeness (QED) is 0.451. The molecule has 4 rings (SSSR count). The number of thiazole rings is 1. The lowest BCUT2D eigenvalue weighted by Crippen LogP contribution is -2.24. The SMILES string of the molecule is C/C(=C\CNC(=O)c1csc(NC(=O)OCC2c3ccccc3-c3ccccc32)n1)C(=O)O. The molecule has 0 saturated heterocycles. The highest BCUT2D eigenvalue weighted by molar-refractivity contribution is 7.14. The number of fused-ring (bicyclic) bond motifs is 3. The number of nitrogens with one attached hydrogen (secondary N) is 2. The molecule has 33 heavy (non-hydrogen) atoms. The van der Waals surface area contributed by atoms with Crippen LogP contribution in [-0.2, 0) is 9.53 Å². The molecular weight excluding hydrogens is 442 g/mol. The number of carboxylic acids is 1. The summed E-state index contributed by atoms with van der Waals surface area (Å²) in [6.45, 7) is 1.67. The standard InChI is InChI=1S/C24H21N3O5S/c1-14(22(29)30)10-11-25-21(28)20-13-33-23(26-20)27-24(31)32-12-19-17-8-4-2-6-15(17)16-7-3-5-9-18(16)19/h2-10,13,19H,11-12H2,1H3,(H,25,28)(H,29,30)(H,26,27,31)/b14-10+. The van der Waals surface area contributed by atoms with Crippen molar-refractivity contribution in [2.75, 3.05) is 18.5 Å². The van der Waals surface area contributed by atoms with Gasteiger partial charge < -0.3 is 15.2 Å². The van der Waals surface area contributed by atoms with Crippen molar-refractivity contribution in [1.29, 1.82) is 0 Å². The van der Waals surface area contributed by atoms with Gasteiger partial charge in [-0.2, -0.15) is 0 Å². The summed E-state index contributed by atoms with van der Waals surface area (Å²) in [6.07, 6.45) is 0.737. The van der Waals surface area contributed by atoms with Gasteiger partial charge in [0.2, 0.25) is 0 Å². The maximum Gasteiger partial charge on any atom is 0.413 e. The van der Waals surface area contributed by atoms with Crippen molar-refractivity contribution in [3.8, 4) is 11.1 Å². The van der Waals surface area contributed by atoms with Gasteiger partial charge in [-0.25, -0.2) is 14.6 Å². The summed E-state index contributed by atoms with van der Waals surface area (Å²) in [4.78, 5) is 39.4. The van der Waals surface area contributed by atoms with Gasteiger partial charge >= 0.3 is 12.1 Å². The Bertz CT molecular complexity index is 1200. The first-order valence-electron chi connectivity index (χ1n) is 10.2. The van der Waals surface area contributed by atoms with Gasteiger partial charge in [-0.05, 0) is 29.2 Å². The second kappa shape index (κ2) is 9.66. The normalized spacial score (nSPS) is 12.6. The van der Waals surface area contributed by atoms with Crippen LogP contribution in [0, 0.1) is 0 Å². The van der Waals surface area contributed by atoms with E-state index in [1.54, 1.807) is 0 Å². The zero-order chi connectivity index (χ0) is 23.4. The number of benzene rings is 2.